The lowest BCUT2D eigenvalue weighted by molar-refractivity contribution is -0.136. The van der Waals surface area contributed by atoms with Crippen molar-refractivity contribution in [3.05, 3.63) is 59.2 Å². The van der Waals surface area contributed by atoms with Crippen LogP contribution in [0.2, 0.25) is 0 Å². The van der Waals surface area contributed by atoms with Gasteiger partial charge in [-0.25, -0.2) is 4.39 Å². The fourth-order valence-corrected chi connectivity index (χ4v) is 3.72. The molecule has 2 aromatic rings. The molecule has 4 rings (SSSR count). The number of piperidine rings is 1. The van der Waals surface area contributed by atoms with E-state index in [4.69, 9.17) is 0 Å². The predicted octanol–water partition coefficient (Wildman–Crippen LogP) is 1.30. The Morgan fingerprint density at radius 3 is 2.57 bits per heavy atom. The first-order chi connectivity index (χ1) is 14.4. The van der Waals surface area contributed by atoms with E-state index in [9.17, 15) is 23.6 Å². The van der Waals surface area contributed by atoms with E-state index in [0.717, 1.165) is 16.7 Å². The molecule has 1 atom stereocenters. The number of aromatic nitrogens is 1. The molecule has 9 heteroatoms. The van der Waals surface area contributed by atoms with Crippen LogP contribution in [0.4, 0.5) is 10.1 Å². The van der Waals surface area contributed by atoms with Gasteiger partial charge in [0.15, 0.2) is 0 Å². The highest BCUT2D eigenvalue weighted by atomic mass is 19.1. The molecular weight excluding hydrogens is 391 g/mol. The van der Waals surface area contributed by atoms with Crippen LogP contribution in [-0.2, 0) is 16.0 Å². The molecule has 1 fully saturated rings. The zero-order valence-corrected chi connectivity index (χ0v) is 16.2. The molecule has 1 N–H and O–H groups in total. The number of fused-ring (bicyclic) bond motifs is 1. The first kappa shape index (κ1) is 19.7. The Labute approximate surface area is 171 Å². The lowest BCUT2D eigenvalue weighted by Gasteiger charge is -2.27. The Morgan fingerprint density at radius 1 is 1.17 bits per heavy atom. The highest BCUT2D eigenvalue weighted by Gasteiger charge is 2.45. The lowest BCUT2D eigenvalue weighted by Crippen LogP contribution is -2.54. The third-order valence-electron chi connectivity index (χ3n) is 5.35. The second kappa shape index (κ2) is 7.66. The largest absolute Gasteiger partial charge is 0.372 e. The van der Waals surface area contributed by atoms with Crippen LogP contribution in [-0.4, -0.2) is 53.1 Å². The molecule has 0 aliphatic carbocycles. The summed E-state index contributed by atoms with van der Waals surface area (Å²) in [4.78, 5) is 55.8. The monoisotopic (exact) mass is 410 g/mol. The van der Waals surface area contributed by atoms with Crippen molar-refractivity contribution >= 4 is 29.3 Å². The Bertz CT molecular complexity index is 1060. The number of nitrogens with zero attached hydrogens (tertiary/aromatic N) is 3. The lowest BCUT2D eigenvalue weighted by atomic mass is 10.0. The number of benzene rings is 1. The number of likely N-dealkylation sites (N-methyl/N-ethyl adjacent to an activating group) is 1. The fraction of sp³-hybridized carbons (Fsp3) is 0.286. The van der Waals surface area contributed by atoms with E-state index >= 15 is 0 Å². The molecule has 2 aliphatic rings. The number of carbonyl (C=O) groups excluding carboxylic acids is 4. The number of anilines is 1. The number of amides is 4. The number of imide groups is 2. The molecule has 1 unspecified atom stereocenters. The van der Waals surface area contributed by atoms with E-state index < -0.39 is 35.5 Å². The van der Waals surface area contributed by atoms with Crippen LogP contribution in [0.1, 0.15) is 39.3 Å². The molecule has 0 spiro atoms. The third-order valence-corrected chi connectivity index (χ3v) is 5.35. The van der Waals surface area contributed by atoms with Gasteiger partial charge in [-0.2, -0.15) is 0 Å². The summed E-state index contributed by atoms with van der Waals surface area (Å²) in [6.45, 7) is 0.450. The van der Waals surface area contributed by atoms with Gasteiger partial charge in [-0.15, -0.1) is 0 Å². The summed E-state index contributed by atoms with van der Waals surface area (Å²) in [5.41, 5.74) is 0.993. The van der Waals surface area contributed by atoms with Gasteiger partial charge in [0.2, 0.25) is 11.8 Å². The maximum Gasteiger partial charge on any atom is 0.262 e. The molecule has 2 aliphatic heterocycles. The van der Waals surface area contributed by atoms with Crippen molar-refractivity contribution in [1.82, 2.24) is 15.2 Å². The van der Waals surface area contributed by atoms with Gasteiger partial charge in [-0.05, 0) is 30.7 Å². The number of carbonyl (C=O) groups is 4. The third kappa shape index (κ3) is 3.42. The Hall–Kier alpha value is -3.62. The summed E-state index contributed by atoms with van der Waals surface area (Å²) in [5.74, 6) is -3.18. The molecule has 1 saturated heterocycles. The smallest absolute Gasteiger partial charge is 0.262 e. The topological polar surface area (TPSA) is 99.7 Å². The van der Waals surface area contributed by atoms with Crippen molar-refractivity contribution in [2.45, 2.75) is 25.3 Å². The van der Waals surface area contributed by atoms with Crippen molar-refractivity contribution < 1.29 is 23.6 Å². The highest BCUT2D eigenvalue weighted by molar-refractivity contribution is 6.23. The van der Waals surface area contributed by atoms with Crippen LogP contribution >= 0.6 is 0 Å². The average molecular weight is 410 g/mol. The molecule has 3 heterocycles. The van der Waals surface area contributed by atoms with Crippen LogP contribution in [0.5, 0.6) is 0 Å². The number of nitrogens with one attached hydrogen (secondary N) is 1. The zero-order valence-electron chi connectivity index (χ0n) is 16.2. The van der Waals surface area contributed by atoms with Gasteiger partial charge >= 0.3 is 0 Å². The van der Waals surface area contributed by atoms with E-state index in [-0.39, 0.29) is 29.7 Å². The van der Waals surface area contributed by atoms with Gasteiger partial charge in [0.25, 0.3) is 11.8 Å². The normalized spacial score (nSPS) is 18.5. The van der Waals surface area contributed by atoms with Crippen molar-refractivity contribution in [3.63, 3.8) is 0 Å². The Kier molecular flexibility index (Phi) is 5.03. The van der Waals surface area contributed by atoms with E-state index in [1.165, 1.54) is 6.07 Å². The van der Waals surface area contributed by atoms with E-state index in [1.807, 2.05) is 18.2 Å². The van der Waals surface area contributed by atoms with Crippen LogP contribution in [0.15, 0.2) is 36.5 Å². The summed E-state index contributed by atoms with van der Waals surface area (Å²) in [6.07, 6.45) is 2.33. The number of pyridine rings is 1. The number of rotatable bonds is 5. The second-order valence-corrected chi connectivity index (χ2v) is 7.29. The fourth-order valence-electron chi connectivity index (χ4n) is 3.72. The van der Waals surface area contributed by atoms with Crippen molar-refractivity contribution in [1.29, 1.82) is 0 Å². The van der Waals surface area contributed by atoms with Gasteiger partial charge < -0.3 is 4.90 Å². The van der Waals surface area contributed by atoms with Gasteiger partial charge in [0.1, 0.15) is 11.9 Å². The zero-order chi connectivity index (χ0) is 21.4. The second-order valence-electron chi connectivity index (χ2n) is 7.29. The summed E-state index contributed by atoms with van der Waals surface area (Å²) in [7, 11) is 1.69. The minimum atomic E-state index is -1.08. The summed E-state index contributed by atoms with van der Waals surface area (Å²) < 4.78 is 14.8. The molecule has 8 nitrogen and oxygen atoms in total. The van der Waals surface area contributed by atoms with Gasteiger partial charge in [-0.3, -0.25) is 34.4 Å². The molecule has 30 heavy (non-hydrogen) atoms. The van der Waals surface area contributed by atoms with Gasteiger partial charge in [-0.1, -0.05) is 6.07 Å². The Balaban J connectivity index is 1.57. The summed E-state index contributed by atoms with van der Waals surface area (Å²) in [6, 6.07) is 6.84. The molecule has 1 aromatic heterocycles. The predicted molar refractivity (Wildman–Crippen MR) is 104 cm³/mol. The molecular formula is C21H19FN4O4. The van der Waals surface area contributed by atoms with E-state index in [2.05, 4.69) is 10.3 Å². The molecule has 0 saturated carbocycles. The first-order valence-corrected chi connectivity index (χ1v) is 9.53. The maximum absolute atomic E-state index is 14.8. The standard InChI is InChI=1S/C21H19FN4O4/c1-25(9-7-12-4-2-3-8-23-12)17-11-14-13(10-15(17)22)20(29)26(21(14)30)16-5-6-18(27)24-19(16)28/h2-4,8,10-11,16H,5-7,9H2,1H3,(H,24,27,28). The molecule has 1 aromatic carbocycles. The SMILES string of the molecule is CN(CCc1ccccn1)c1cc2c(cc1F)C(=O)N(C1CCC(=O)NC1=O)C2=O. The summed E-state index contributed by atoms with van der Waals surface area (Å²) in [5, 5.41) is 2.14. The number of halogens is 1. The van der Waals surface area contributed by atoms with Crippen LogP contribution in [0.3, 0.4) is 0 Å². The molecule has 0 bridgehead atoms. The quantitative estimate of drug-likeness (QED) is 0.746. The van der Waals surface area contributed by atoms with Gasteiger partial charge in [0.05, 0.1) is 16.8 Å². The van der Waals surface area contributed by atoms with Crippen LogP contribution < -0.4 is 10.2 Å². The van der Waals surface area contributed by atoms with Gasteiger partial charge in [0, 0.05) is 38.3 Å². The maximum atomic E-state index is 14.8. The minimum absolute atomic E-state index is 0.0275. The summed E-state index contributed by atoms with van der Waals surface area (Å²) >= 11 is 0. The highest BCUT2D eigenvalue weighted by Crippen LogP contribution is 2.32. The van der Waals surface area contributed by atoms with Crippen LogP contribution in [0, 0.1) is 5.82 Å². The molecule has 0 radical (unpaired) electrons. The Morgan fingerprint density at radius 2 is 1.90 bits per heavy atom. The van der Waals surface area contributed by atoms with Crippen molar-refractivity contribution in [2.24, 2.45) is 0 Å². The number of hydrogen-bond donors (Lipinski definition) is 1. The minimum Gasteiger partial charge on any atom is -0.372 e. The van der Waals surface area contributed by atoms with E-state index in [0.29, 0.717) is 13.0 Å². The van der Waals surface area contributed by atoms with Crippen LogP contribution in [0.25, 0.3) is 0 Å². The van der Waals surface area contributed by atoms with Crippen molar-refractivity contribution in [3.8, 4) is 0 Å². The number of hydrogen-bond acceptors (Lipinski definition) is 6. The van der Waals surface area contributed by atoms with Crippen molar-refractivity contribution in [2.75, 3.05) is 18.5 Å². The molecule has 4 amide bonds. The van der Waals surface area contributed by atoms with E-state index in [1.54, 1.807) is 18.1 Å². The first-order valence-electron chi connectivity index (χ1n) is 9.53. The molecule has 154 valence electrons. The average Bonchev–Trinajstić information content (AvgIpc) is 2.96.